The van der Waals surface area contributed by atoms with Gasteiger partial charge in [0.15, 0.2) is 0 Å². The van der Waals surface area contributed by atoms with Crippen LogP contribution in [0.25, 0.3) is 0 Å². The van der Waals surface area contributed by atoms with Crippen LogP contribution in [0.1, 0.15) is 51.3 Å². The van der Waals surface area contributed by atoms with Gasteiger partial charge in [0.05, 0.1) is 0 Å². The molecule has 0 saturated carbocycles. The van der Waals surface area contributed by atoms with Crippen LogP contribution in [0.5, 0.6) is 0 Å². The van der Waals surface area contributed by atoms with Crippen LogP contribution < -0.4 is 10.9 Å². The zero-order valence-corrected chi connectivity index (χ0v) is 11.2. The van der Waals surface area contributed by atoms with E-state index in [0.717, 1.165) is 32.2 Å². The van der Waals surface area contributed by atoms with E-state index in [9.17, 15) is 4.79 Å². The third-order valence-electron chi connectivity index (χ3n) is 2.70. The average Bonchev–Trinajstić information content (AvgIpc) is 2.33. The van der Waals surface area contributed by atoms with Crippen molar-refractivity contribution in [1.29, 1.82) is 0 Å². The maximum Gasteiger partial charge on any atom is 0.252 e. The SMILES string of the molecule is CC(C)c1nc(NCCCCCCO)cc(=O)[nH]1. The Balaban J connectivity index is 2.40. The number of hydrogen-bond acceptors (Lipinski definition) is 4. The summed E-state index contributed by atoms with van der Waals surface area (Å²) in [6.45, 7) is 5.06. The molecule has 0 unspecified atom stereocenters. The smallest absolute Gasteiger partial charge is 0.252 e. The zero-order chi connectivity index (χ0) is 13.4. The molecule has 1 aromatic rings. The number of unbranched alkanes of at least 4 members (excludes halogenated alkanes) is 3. The molecule has 3 N–H and O–H groups in total. The number of aliphatic hydroxyl groups excluding tert-OH is 1. The lowest BCUT2D eigenvalue weighted by Crippen LogP contribution is -2.15. The molecule has 0 aromatic carbocycles. The van der Waals surface area contributed by atoms with Gasteiger partial charge in [-0.3, -0.25) is 4.79 Å². The number of anilines is 1. The van der Waals surface area contributed by atoms with Crippen LogP contribution in [0.3, 0.4) is 0 Å². The second-order valence-electron chi connectivity index (χ2n) is 4.74. The number of H-pyrrole nitrogens is 1. The van der Waals surface area contributed by atoms with Crippen molar-refractivity contribution in [3.63, 3.8) is 0 Å². The summed E-state index contributed by atoms with van der Waals surface area (Å²) >= 11 is 0. The molecule has 0 fully saturated rings. The molecule has 102 valence electrons. The Morgan fingerprint density at radius 2 is 2.06 bits per heavy atom. The maximum atomic E-state index is 11.4. The molecule has 0 bridgehead atoms. The topological polar surface area (TPSA) is 78.0 Å². The molecule has 1 heterocycles. The minimum Gasteiger partial charge on any atom is -0.396 e. The van der Waals surface area contributed by atoms with Crippen LogP contribution in [-0.4, -0.2) is 28.2 Å². The lowest BCUT2D eigenvalue weighted by Gasteiger charge is -2.08. The number of aromatic amines is 1. The van der Waals surface area contributed by atoms with E-state index in [-0.39, 0.29) is 18.1 Å². The predicted octanol–water partition coefficient (Wildman–Crippen LogP) is 1.86. The first-order valence-corrected chi connectivity index (χ1v) is 6.59. The van der Waals surface area contributed by atoms with Gasteiger partial charge in [-0.1, -0.05) is 26.7 Å². The van der Waals surface area contributed by atoms with Gasteiger partial charge in [-0.15, -0.1) is 0 Å². The number of nitrogens with one attached hydrogen (secondary N) is 2. The third-order valence-corrected chi connectivity index (χ3v) is 2.70. The van der Waals surface area contributed by atoms with Gasteiger partial charge in [0.1, 0.15) is 11.6 Å². The highest BCUT2D eigenvalue weighted by molar-refractivity contribution is 5.33. The molecule has 0 atom stereocenters. The molecule has 0 aliphatic heterocycles. The van der Waals surface area contributed by atoms with Crippen LogP contribution in [0, 0.1) is 0 Å². The Kier molecular flexibility index (Phi) is 6.43. The molecule has 0 amide bonds. The van der Waals surface area contributed by atoms with Crippen LogP contribution in [-0.2, 0) is 0 Å². The molecule has 5 nitrogen and oxygen atoms in total. The molecule has 1 aromatic heterocycles. The molecule has 1 rings (SSSR count). The van der Waals surface area contributed by atoms with E-state index in [2.05, 4.69) is 15.3 Å². The average molecular weight is 253 g/mol. The van der Waals surface area contributed by atoms with E-state index in [4.69, 9.17) is 5.11 Å². The fourth-order valence-electron chi connectivity index (χ4n) is 1.65. The molecular weight excluding hydrogens is 230 g/mol. The Morgan fingerprint density at radius 1 is 1.33 bits per heavy atom. The first-order chi connectivity index (χ1) is 8.63. The summed E-state index contributed by atoms with van der Waals surface area (Å²) in [5, 5.41) is 11.8. The molecule has 0 saturated heterocycles. The van der Waals surface area contributed by atoms with E-state index in [1.807, 2.05) is 13.8 Å². The summed E-state index contributed by atoms with van der Waals surface area (Å²) in [6, 6.07) is 1.49. The fraction of sp³-hybridized carbons (Fsp3) is 0.692. The summed E-state index contributed by atoms with van der Waals surface area (Å²) in [5.41, 5.74) is -0.114. The summed E-state index contributed by atoms with van der Waals surface area (Å²) < 4.78 is 0. The molecule has 18 heavy (non-hydrogen) atoms. The van der Waals surface area contributed by atoms with Crippen molar-refractivity contribution < 1.29 is 5.11 Å². The van der Waals surface area contributed by atoms with Crippen LogP contribution in [0.2, 0.25) is 0 Å². The Hall–Kier alpha value is -1.36. The summed E-state index contributed by atoms with van der Waals surface area (Å²) in [4.78, 5) is 18.5. The third kappa shape index (κ3) is 5.31. The molecular formula is C13H23N3O2. The minimum atomic E-state index is -0.114. The van der Waals surface area contributed by atoms with Crippen molar-refractivity contribution in [2.24, 2.45) is 0 Å². The summed E-state index contributed by atoms with van der Waals surface area (Å²) in [6.07, 6.45) is 4.00. The van der Waals surface area contributed by atoms with Crippen molar-refractivity contribution in [3.8, 4) is 0 Å². The fourth-order valence-corrected chi connectivity index (χ4v) is 1.65. The summed E-state index contributed by atoms with van der Waals surface area (Å²) in [5.74, 6) is 1.57. The first-order valence-electron chi connectivity index (χ1n) is 6.59. The highest BCUT2D eigenvalue weighted by atomic mass is 16.2. The molecule has 0 spiro atoms. The minimum absolute atomic E-state index is 0.114. The van der Waals surface area contributed by atoms with Gasteiger partial charge in [0, 0.05) is 25.1 Å². The van der Waals surface area contributed by atoms with Crippen molar-refractivity contribution in [2.75, 3.05) is 18.5 Å². The second-order valence-corrected chi connectivity index (χ2v) is 4.74. The second kappa shape index (κ2) is 7.87. The maximum absolute atomic E-state index is 11.4. The first kappa shape index (κ1) is 14.7. The summed E-state index contributed by atoms with van der Waals surface area (Å²) in [7, 11) is 0. The largest absolute Gasteiger partial charge is 0.396 e. The lowest BCUT2D eigenvalue weighted by molar-refractivity contribution is 0.283. The van der Waals surface area contributed by atoms with Crippen molar-refractivity contribution >= 4 is 5.82 Å². The Labute approximate surface area is 108 Å². The van der Waals surface area contributed by atoms with E-state index >= 15 is 0 Å². The van der Waals surface area contributed by atoms with Crippen LogP contribution in [0.4, 0.5) is 5.82 Å². The number of nitrogens with zero attached hydrogens (tertiary/aromatic N) is 1. The quantitative estimate of drug-likeness (QED) is 0.618. The zero-order valence-electron chi connectivity index (χ0n) is 11.2. The standard InChI is InChI=1S/C13H23N3O2/c1-10(2)13-15-11(9-12(18)16-13)14-7-5-3-4-6-8-17/h9-10,17H,3-8H2,1-2H3,(H2,14,15,16,18). The number of aromatic nitrogens is 2. The lowest BCUT2D eigenvalue weighted by atomic mass is 10.2. The van der Waals surface area contributed by atoms with Crippen molar-refractivity contribution in [2.45, 2.75) is 45.4 Å². The molecule has 0 aliphatic rings. The van der Waals surface area contributed by atoms with Crippen molar-refractivity contribution in [3.05, 3.63) is 22.2 Å². The van der Waals surface area contributed by atoms with Gasteiger partial charge in [-0.25, -0.2) is 4.98 Å². The highest BCUT2D eigenvalue weighted by Crippen LogP contribution is 2.09. The van der Waals surface area contributed by atoms with E-state index in [1.165, 1.54) is 6.07 Å². The highest BCUT2D eigenvalue weighted by Gasteiger charge is 2.04. The Morgan fingerprint density at radius 3 is 2.72 bits per heavy atom. The number of aliphatic hydroxyl groups is 1. The van der Waals surface area contributed by atoms with Gasteiger partial charge in [0.2, 0.25) is 0 Å². The van der Waals surface area contributed by atoms with Gasteiger partial charge < -0.3 is 15.4 Å². The van der Waals surface area contributed by atoms with Gasteiger partial charge >= 0.3 is 0 Å². The Bertz CT molecular complexity index is 401. The van der Waals surface area contributed by atoms with Crippen LogP contribution in [0.15, 0.2) is 10.9 Å². The van der Waals surface area contributed by atoms with E-state index in [1.54, 1.807) is 0 Å². The molecule has 5 heteroatoms. The van der Waals surface area contributed by atoms with Gasteiger partial charge in [-0.2, -0.15) is 0 Å². The van der Waals surface area contributed by atoms with Gasteiger partial charge in [0.25, 0.3) is 5.56 Å². The monoisotopic (exact) mass is 253 g/mol. The van der Waals surface area contributed by atoms with E-state index < -0.39 is 0 Å². The number of rotatable bonds is 8. The van der Waals surface area contributed by atoms with Crippen molar-refractivity contribution in [1.82, 2.24) is 9.97 Å². The van der Waals surface area contributed by atoms with E-state index in [0.29, 0.717) is 11.6 Å². The number of hydrogen-bond donors (Lipinski definition) is 3. The van der Waals surface area contributed by atoms with Crippen LogP contribution >= 0.6 is 0 Å². The van der Waals surface area contributed by atoms with Gasteiger partial charge in [-0.05, 0) is 12.8 Å². The molecule has 0 radical (unpaired) electrons. The predicted molar refractivity (Wildman–Crippen MR) is 73.0 cm³/mol. The normalized spacial score (nSPS) is 10.9. The molecule has 0 aliphatic carbocycles.